The third-order valence-corrected chi connectivity index (χ3v) is 4.68. The molecule has 0 radical (unpaired) electrons. The zero-order valence-electron chi connectivity index (χ0n) is 13.7. The van der Waals surface area contributed by atoms with E-state index in [1.807, 2.05) is 13.8 Å². The van der Waals surface area contributed by atoms with Gasteiger partial charge in [-0.1, -0.05) is 0 Å². The topological polar surface area (TPSA) is 66.4 Å². The lowest BCUT2D eigenvalue weighted by Crippen LogP contribution is -2.31. The summed E-state index contributed by atoms with van der Waals surface area (Å²) in [7, 11) is 3.34. The number of carbonyl (C=O) groups is 2. The van der Waals surface area contributed by atoms with E-state index < -0.39 is 0 Å². The van der Waals surface area contributed by atoms with E-state index in [2.05, 4.69) is 9.97 Å². The number of carbonyl (C=O) groups excluding carboxylic acids is 2. The molecule has 2 heterocycles. The van der Waals surface area contributed by atoms with Gasteiger partial charge >= 0.3 is 0 Å². The second kappa shape index (κ2) is 7.32. The van der Waals surface area contributed by atoms with Crippen molar-refractivity contribution < 1.29 is 9.59 Å². The molecule has 0 saturated heterocycles. The molecule has 0 aromatic carbocycles. The van der Waals surface area contributed by atoms with Gasteiger partial charge in [-0.05, 0) is 26.0 Å². The minimum absolute atomic E-state index is 0.201. The molecule has 0 aliphatic heterocycles. The number of nitrogens with zero attached hydrogens (tertiary/aromatic N) is 4. The molecule has 0 aliphatic carbocycles. The number of aromatic nitrogens is 2. The number of aryl methyl sites for hydroxylation is 2. The Balaban J connectivity index is 2.11. The first-order valence-corrected chi connectivity index (χ1v) is 8.07. The van der Waals surface area contributed by atoms with Crippen LogP contribution in [0.1, 0.15) is 26.1 Å². The fourth-order valence-corrected chi connectivity index (χ4v) is 3.19. The molecule has 0 spiro atoms. The molecular weight excluding hydrogens is 312 g/mol. The molecule has 2 aromatic heterocycles. The van der Waals surface area contributed by atoms with Crippen molar-refractivity contribution in [2.24, 2.45) is 0 Å². The van der Waals surface area contributed by atoms with Gasteiger partial charge in [0.25, 0.3) is 5.91 Å². The van der Waals surface area contributed by atoms with Gasteiger partial charge < -0.3 is 9.80 Å². The highest BCUT2D eigenvalue weighted by Gasteiger charge is 2.19. The van der Waals surface area contributed by atoms with Crippen molar-refractivity contribution in [1.82, 2.24) is 14.9 Å². The van der Waals surface area contributed by atoms with Crippen molar-refractivity contribution in [3.8, 4) is 0 Å². The summed E-state index contributed by atoms with van der Waals surface area (Å²) in [4.78, 5) is 36.3. The van der Waals surface area contributed by atoms with Gasteiger partial charge in [-0.15, -0.1) is 11.3 Å². The van der Waals surface area contributed by atoms with Crippen LogP contribution in [-0.4, -0.2) is 47.8 Å². The van der Waals surface area contributed by atoms with Crippen LogP contribution >= 0.6 is 11.3 Å². The van der Waals surface area contributed by atoms with Gasteiger partial charge in [0.2, 0.25) is 6.41 Å². The molecule has 2 rings (SSSR count). The Bertz CT molecular complexity index is 714. The number of likely N-dealkylation sites (N-methyl/N-ethyl adjacent to an activating group) is 1. The number of hydrogen-bond donors (Lipinski definition) is 0. The molecule has 2 amide bonds. The first kappa shape index (κ1) is 17.1. The Morgan fingerprint density at radius 2 is 2.09 bits per heavy atom. The maximum absolute atomic E-state index is 12.6. The third-order valence-electron chi connectivity index (χ3n) is 3.55. The van der Waals surface area contributed by atoms with E-state index in [1.54, 1.807) is 48.7 Å². The summed E-state index contributed by atoms with van der Waals surface area (Å²) >= 11 is 1.66. The molecule has 23 heavy (non-hydrogen) atoms. The summed E-state index contributed by atoms with van der Waals surface area (Å²) in [6, 6.07) is 3.41. The van der Waals surface area contributed by atoms with E-state index in [-0.39, 0.29) is 11.6 Å². The smallest absolute Gasteiger partial charge is 0.274 e. The van der Waals surface area contributed by atoms with Crippen molar-refractivity contribution in [2.45, 2.75) is 20.3 Å². The lowest BCUT2D eigenvalue weighted by Gasteiger charge is -2.20. The van der Waals surface area contributed by atoms with Gasteiger partial charge in [-0.3, -0.25) is 9.59 Å². The number of thiazole rings is 1. The van der Waals surface area contributed by atoms with Crippen LogP contribution < -0.4 is 4.90 Å². The minimum Gasteiger partial charge on any atom is -0.340 e. The van der Waals surface area contributed by atoms with Crippen molar-refractivity contribution in [3.63, 3.8) is 0 Å². The summed E-state index contributed by atoms with van der Waals surface area (Å²) in [6.45, 7) is 4.53. The van der Waals surface area contributed by atoms with Crippen LogP contribution in [0.2, 0.25) is 0 Å². The van der Waals surface area contributed by atoms with E-state index >= 15 is 0 Å². The van der Waals surface area contributed by atoms with Gasteiger partial charge in [0.1, 0.15) is 0 Å². The fourth-order valence-electron chi connectivity index (χ4n) is 2.26. The lowest BCUT2D eigenvalue weighted by molar-refractivity contribution is -0.107. The highest BCUT2D eigenvalue weighted by molar-refractivity contribution is 7.11. The van der Waals surface area contributed by atoms with Gasteiger partial charge in [0.15, 0.2) is 5.69 Å². The van der Waals surface area contributed by atoms with Crippen LogP contribution in [0.5, 0.6) is 0 Å². The molecule has 6 nitrogen and oxygen atoms in total. The Morgan fingerprint density at radius 1 is 1.35 bits per heavy atom. The Labute approximate surface area is 139 Å². The standard InChI is InChI=1S/C16H20N4O2S/c1-11-14(23-12(2)18-11)7-9-19(3)16(22)15-13(20(4)10-21)6-5-8-17-15/h5-6,8,10H,7,9H2,1-4H3. The van der Waals surface area contributed by atoms with Crippen LogP contribution in [0.4, 0.5) is 5.69 Å². The van der Waals surface area contributed by atoms with Crippen LogP contribution in [0.15, 0.2) is 18.3 Å². The summed E-state index contributed by atoms with van der Waals surface area (Å²) in [5, 5.41) is 1.03. The molecule has 2 aromatic rings. The zero-order chi connectivity index (χ0) is 17.0. The number of pyridine rings is 1. The second-order valence-electron chi connectivity index (χ2n) is 5.31. The monoisotopic (exact) mass is 332 g/mol. The van der Waals surface area contributed by atoms with Crippen LogP contribution in [0, 0.1) is 13.8 Å². The number of amides is 2. The average molecular weight is 332 g/mol. The van der Waals surface area contributed by atoms with Crippen LogP contribution in [0.3, 0.4) is 0 Å². The van der Waals surface area contributed by atoms with Crippen LogP contribution in [0.25, 0.3) is 0 Å². The quantitative estimate of drug-likeness (QED) is 0.760. The van der Waals surface area contributed by atoms with E-state index in [9.17, 15) is 9.59 Å². The van der Waals surface area contributed by atoms with Gasteiger partial charge in [-0.25, -0.2) is 9.97 Å². The Kier molecular flexibility index (Phi) is 5.44. The molecule has 0 fully saturated rings. The summed E-state index contributed by atoms with van der Waals surface area (Å²) in [5.41, 5.74) is 1.80. The van der Waals surface area contributed by atoms with Gasteiger partial charge in [-0.2, -0.15) is 0 Å². The SMILES string of the molecule is Cc1nc(C)c(CCN(C)C(=O)c2ncccc2N(C)C=O)s1. The predicted molar refractivity (Wildman–Crippen MR) is 91.0 cm³/mol. The molecule has 0 saturated carbocycles. The van der Waals surface area contributed by atoms with Crippen molar-refractivity contribution in [1.29, 1.82) is 0 Å². The molecule has 122 valence electrons. The number of hydrogen-bond acceptors (Lipinski definition) is 5. The van der Waals surface area contributed by atoms with Crippen molar-refractivity contribution >= 4 is 29.3 Å². The molecule has 0 N–H and O–H groups in total. The Hall–Kier alpha value is -2.28. The second-order valence-corrected chi connectivity index (χ2v) is 6.59. The van der Waals surface area contributed by atoms with E-state index in [1.165, 1.54) is 9.78 Å². The third kappa shape index (κ3) is 3.92. The lowest BCUT2D eigenvalue weighted by atomic mass is 10.2. The predicted octanol–water partition coefficient (Wildman–Crippen LogP) is 2.06. The maximum atomic E-state index is 12.6. The highest BCUT2D eigenvalue weighted by atomic mass is 32.1. The summed E-state index contributed by atoms with van der Waals surface area (Å²) in [5.74, 6) is -0.201. The fraction of sp³-hybridized carbons (Fsp3) is 0.375. The van der Waals surface area contributed by atoms with Gasteiger partial charge in [0, 0.05) is 38.1 Å². The normalized spacial score (nSPS) is 10.4. The first-order chi connectivity index (χ1) is 10.9. The maximum Gasteiger partial charge on any atom is 0.274 e. The van der Waals surface area contributed by atoms with Crippen LogP contribution in [-0.2, 0) is 11.2 Å². The minimum atomic E-state index is -0.201. The van der Waals surface area contributed by atoms with E-state index in [4.69, 9.17) is 0 Å². The summed E-state index contributed by atoms with van der Waals surface area (Å²) in [6.07, 6.45) is 2.97. The molecular formula is C16H20N4O2S. The van der Waals surface area contributed by atoms with E-state index in [0.717, 1.165) is 17.1 Å². The molecule has 0 aliphatic rings. The zero-order valence-corrected chi connectivity index (χ0v) is 14.6. The van der Waals surface area contributed by atoms with Crippen molar-refractivity contribution in [3.05, 3.63) is 39.6 Å². The molecule has 0 atom stereocenters. The molecule has 0 bridgehead atoms. The number of anilines is 1. The average Bonchev–Trinajstić information content (AvgIpc) is 2.88. The first-order valence-electron chi connectivity index (χ1n) is 7.25. The van der Waals surface area contributed by atoms with Crippen molar-refractivity contribution in [2.75, 3.05) is 25.5 Å². The Morgan fingerprint density at radius 3 is 2.70 bits per heavy atom. The molecule has 7 heteroatoms. The van der Waals surface area contributed by atoms with E-state index in [0.29, 0.717) is 18.6 Å². The largest absolute Gasteiger partial charge is 0.340 e. The molecule has 0 unspecified atom stereocenters. The highest BCUT2D eigenvalue weighted by Crippen LogP contribution is 2.20. The summed E-state index contributed by atoms with van der Waals surface area (Å²) < 4.78 is 0. The number of rotatable bonds is 6. The van der Waals surface area contributed by atoms with Gasteiger partial charge in [0.05, 0.1) is 16.4 Å².